The maximum Gasteiger partial charge on any atom is 0.127 e. The van der Waals surface area contributed by atoms with Gasteiger partial charge in [0, 0.05) is 6.54 Å². The molecule has 0 bridgehead atoms. The average molecular weight is 263 g/mol. The van der Waals surface area contributed by atoms with Gasteiger partial charge in [0.05, 0.1) is 16.4 Å². The van der Waals surface area contributed by atoms with Crippen LogP contribution in [-0.2, 0) is 6.54 Å². The molecule has 1 fully saturated rings. The second kappa shape index (κ2) is 4.27. The van der Waals surface area contributed by atoms with Crippen LogP contribution in [0.4, 0.5) is 0 Å². The Morgan fingerprint density at radius 3 is 2.83 bits per heavy atom. The van der Waals surface area contributed by atoms with E-state index in [4.69, 9.17) is 16.6 Å². The number of aryl methyl sites for hydroxylation is 1. The molecular weight excluding hydrogens is 244 g/mol. The van der Waals surface area contributed by atoms with Crippen molar-refractivity contribution in [2.24, 2.45) is 11.8 Å². The number of hydrogen-bond acceptors (Lipinski definition) is 1. The molecular formula is C15H19ClN2. The van der Waals surface area contributed by atoms with Gasteiger partial charge in [0.25, 0.3) is 0 Å². The summed E-state index contributed by atoms with van der Waals surface area (Å²) >= 11 is 6.28. The van der Waals surface area contributed by atoms with Crippen LogP contribution in [-0.4, -0.2) is 9.55 Å². The molecule has 1 heterocycles. The Labute approximate surface area is 113 Å². The normalized spacial score (nSPS) is 24.4. The third-order valence-corrected chi connectivity index (χ3v) is 4.18. The maximum absolute atomic E-state index is 6.28. The van der Waals surface area contributed by atoms with Gasteiger partial charge in [-0.25, -0.2) is 4.98 Å². The van der Waals surface area contributed by atoms with Crippen LogP contribution in [0.15, 0.2) is 18.2 Å². The molecule has 0 amide bonds. The second-order valence-corrected chi connectivity index (χ2v) is 6.32. The van der Waals surface area contributed by atoms with Gasteiger partial charge in [0.2, 0.25) is 0 Å². The van der Waals surface area contributed by atoms with Gasteiger partial charge in [-0.1, -0.05) is 13.0 Å². The van der Waals surface area contributed by atoms with Crippen molar-refractivity contribution in [3.05, 3.63) is 29.6 Å². The van der Waals surface area contributed by atoms with Gasteiger partial charge in [-0.3, -0.25) is 0 Å². The monoisotopic (exact) mass is 262 g/mol. The van der Waals surface area contributed by atoms with Crippen molar-refractivity contribution in [1.29, 1.82) is 0 Å². The number of fused-ring (bicyclic) bond motifs is 1. The number of rotatable bonds is 3. The highest BCUT2D eigenvalue weighted by Crippen LogP contribution is 2.40. The van der Waals surface area contributed by atoms with E-state index in [2.05, 4.69) is 36.6 Å². The minimum atomic E-state index is -0.0354. The summed E-state index contributed by atoms with van der Waals surface area (Å²) in [5, 5.41) is -0.0354. The standard InChI is InChI=1S/C15H19ClN2/c1-9-4-5-14-13(6-9)17-15(11(3)16)18(14)8-12-7-10(12)2/h4-6,10-12H,7-8H2,1-3H3. The van der Waals surface area contributed by atoms with Crippen molar-refractivity contribution in [3.8, 4) is 0 Å². The highest BCUT2D eigenvalue weighted by atomic mass is 35.5. The summed E-state index contributed by atoms with van der Waals surface area (Å²) in [5.41, 5.74) is 3.55. The van der Waals surface area contributed by atoms with Crippen LogP contribution in [0.1, 0.15) is 37.0 Å². The summed E-state index contributed by atoms with van der Waals surface area (Å²) in [6.07, 6.45) is 1.33. The van der Waals surface area contributed by atoms with Gasteiger partial charge in [0.1, 0.15) is 5.82 Å². The molecule has 1 aromatic carbocycles. The molecule has 0 radical (unpaired) electrons. The van der Waals surface area contributed by atoms with Crippen LogP contribution in [0.2, 0.25) is 0 Å². The average Bonchev–Trinajstić information content (AvgIpc) is 2.87. The summed E-state index contributed by atoms with van der Waals surface area (Å²) in [7, 11) is 0. The van der Waals surface area contributed by atoms with E-state index >= 15 is 0 Å². The van der Waals surface area contributed by atoms with E-state index in [0.29, 0.717) is 0 Å². The first-order chi connectivity index (χ1) is 8.56. The van der Waals surface area contributed by atoms with E-state index in [-0.39, 0.29) is 5.38 Å². The van der Waals surface area contributed by atoms with Crippen molar-refractivity contribution in [2.75, 3.05) is 0 Å². The summed E-state index contributed by atoms with van der Waals surface area (Å²) in [4.78, 5) is 4.71. The first-order valence-corrected chi connectivity index (χ1v) is 7.10. The smallest absolute Gasteiger partial charge is 0.127 e. The summed E-state index contributed by atoms with van der Waals surface area (Å²) in [6.45, 7) is 7.48. The molecule has 0 aliphatic heterocycles. The van der Waals surface area contributed by atoms with E-state index in [0.717, 1.165) is 29.7 Å². The molecule has 1 saturated carbocycles. The number of alkyl halides is 1. The van der Waals surface area contributed by atoms with E-state index in [1.807, 2.05) is 6.92 Å². The molecule has 1 aromatic heterocycles. The fourth-order valence-electron chi connectivity index (χ4n) is 2.64. The Morgan fingerprint density at radius 2 is 2.22 bits per heavy atom. The molecule has 0 spiro atoms. The number of imidazole rings is 1. The largest absolute Gasteiger partial charge is 0.326 e. The Bertz CT molecular complexity index is 585. The Morgan fingerprint density at radius 1 is 1.50 bits per heavy atom. The van der Waals surface area contributed by atoms with Crippen LogP contribution in [0.25, 0.3) is 11.0 Å². The van der Waals surface area contributed by atoms with Gasteiger partial charge in [-0.15, -0.1) is 11.6 Å². The molecule has 3 atom stereocenters. The minimum absolute atomic E-state index is 0.0354. The van der Waals surface area contributed by atoms with E-state index in [1.165, 1.54) is 17.5 Å². The van der Waals surface area contributed by atoms with Gasteiger partial charge >= 0.3 is 0 Å². The molecule has 1 aliphatic rings. The molecule has 0 N–H and O–H groups in total. The van der Waals surface area contributed by atoms with Crippen molar-refractivity contribution >= 4 is 22.6 Å². The number of halogens is 1. The molecule has 3 heteroatoms. The van der Waals surface area contributed by atoms with Crippen LogP contribution < -0.4 is 0 Å². The number of aromatic nitrogens is 2. The van der Waals surface area contributed by atoms with Crippen molar-refractivity contribution in [3.63, 3.8) is 0 Å². The van der Waals surface area contributed by atoms with Crippen LogP contribution >= 0.6 is 11.6 Å². The van der Waals surface area contributed by atoms with Crippen LogP contribution in [0.5, 0.6) is 0 Å². The third-order valence-electron chi connectivity index (χ3n) is 3.98. The van der Waals surface area contributed by atoms with Crippen molar-refractivity contribution < 1.29 is 0 Å². The Kier molecular flexibility index (Phi) is 2.86. The molecule has 18 heavy (non-hydrogen) atoms. The SMILES string of the molecule is Cc1ccc2c(c1)nc(C(C)Cl)n2CC1CC1C. The lowest BCUT2D eigenvalue weighted by atomic mass is 10.2. The molecule has 96 valence electrons. The Balaban J connectivity index is 2.09. The van der Waals surface area contributed by atoms with E-state index in [1.54, 1.807) is 0 Å². The predicted octanol–water partition coefficient (Wildman–Crippen LogP) is 4.30. The lowest BCUT2D eigenvalue weighted by Gasteiger charge is -2.10. The number of nitrogens with zero attached hydrogens (tertiary/aromatic N) is 2. The van der Waals surface area contributed by atoms with Gasteiger partial charge in [-0.2, -0.15) is 0 Å². The summed E-state index contributed by atoms with van der Waals surface area (Å²) in [6, 6.07) is 6.47. The molecule has 1 aliphatic carbocycles. The van der Waals surface area contributed by atoms with Crippen molar-refractivity contribution in [1.82, 2.24) is 9.55 Å². The van der Waals surface area contributed by atoms with Crippen LogP contribution in [0, 0.1) is 18.8 Å². The zero-order chi connectivity index (χ0) is 12.9. The number of benzene rings is 1. The zero-order valence-corrected chi connectivity index (χ0v) is 11.9. The highest BCUT2D eigenvalue weighted by Gasteiger charge is 2.33. The Hall–Kier alpha value is -1.02. The second-order valence-electron chi connectivity index (χ2n) is 5.66. The quantitative estimate of drug-likeness (QED) is 0.754. The van der Waals surface area contributed by atoms with E-state index in [9.17, 15) is 0 Å². The lowest BCUT2D eigenvalue weighted by Crippen LogP contribution is -2.06. The maximum atomic E-state index is 6.28. The highest BCUT2D eigenvalue weighted by molar-refractivity contribution is 6.20. The number of hydrogen-bond donors (Lipinski definition) is 0. The minimum Gasteiger partial charge on any atom is -0.326 e. The molecule has 2 nitrogen and oxygen atoms in total. The molecule has 0 saturated heterocycles. The fourth-order valence-corrected chi connectivity index (χ4v) is 2.81. The third kappa shape index (κ3) is 2.03. The molecule has 2 aromatic rings. The van der Waals surface area contributed by atoms with Gasteiger partial charge < -0.3 is 4.57 Å². The fraction of sp³-hybridized carbons (Fsp3) is 0.533. The van der Waals surface area contributed by atoms with E-state index < -0.39 is 0 Å². The van der Waals surface area contributed by atoms with Gasteiger partial charge in [0.15, 0.2) is 0 Å². The summed E-state index contributed by atoms with van der Waals surface area (Å²) in [5.74, 6) is 2.67. The summed E-state index contributed by atoms with van der Waals surface area (Å²) < 4.78 is 2.32. The zero-order valence-electron chi connectivity index (χ0n) is 11.2. The van der Waals surface area contributed by atoms with Crippen LogP contribution in [0.3, 0.4) is 0 Å². The topological polar surface area (TPSA) is 17.8 Å². The first-order valence-electron chi connectivity index (χ1n) is 6.67. The van der Waals surface area contributed by atoms with Gasteiger partial charge in [-0.05, 0) is 49.8 Å². The molecule has 3 unspecified atom stereocenters. The molecule has 3 rings (SSSR count). The lowest BCUT2D eigenvalue weighted by molar-refractivity contribution is 0.582. The first kappa shape index (κ1) is 12.0. The predicted molar refractivity (Wildman–Crippen MR) is 76.0 cm³/mol. The van der Waals surface area contributed by atoms with Crippen molar-refractivity contribution in [2.45, 2.75) is 39.1 Å².